The maximum absolute atomic E-state index is 13.4. The third-order valence-corrected chi connectivity index (χ3v) is 4.34. The van der Waals surface area contributed by atoms with Crippen LogP contribution >= 0.6 is 11.8 Å². The molecule has 0 aliphatic rings. The fraction of sp³-hybridized carbons (Fsp3) is 0.294. The molecule has 128 valence electrons. The van der Waals surface area contributed by atoms with Crippen LogP contribution in [0.15, 0.2) is 34.7 Å². The highest BCUT2D eigenvalue weighted by molar-refractivity contribution is 7.98. The smallest absolute Gasteiger partial charge is 0.339 e. The second kappa shape index (κ2) is 8.54. The van der Waals surface area contributed by atoms with Crippen LogP contribution in [-0.2, 0) is 12.2 Å². The first kappa shape index (κ1) is 18.1. The lowest BCUT2D eigenvalue weighted by atomic mass is 10.2. The topological polar surface area (TPSA) is 79.5 Å². The fourth-order valence-electron chi connectivity index (χ4n) is 2.11. The van der Waals surface area contributed by atoms with Crippen molar-refractivity contribution in [3.63, 3.8) is 0 Å². The quantitative estimate of drug-likeness (QED) is 0.713. The Hall–Kier alpha value is -2.28. The number of hydrogen-bond donors (Lipinski definition) is 2. The Bertz CT molecular complexity index is 729. The van der Waals surface area contributed by atoms with Crippen molar-refractivity contribution in [3.05, 3.63) is 58.8 Å². The van der Waals surface area contributed by atoms with Crippen LogP contribution in [0.25, 0.3) is 0 Å². The zero-order valence-corrected chi connectivity index (χ0v) is 14.0. The molecule has 0 atom stereocenters. The van der Waals surface area contributed by atoms with E-state index in [2.05, 4.69) is 5.32 Å². The number of carbonyl (C=O) groups excluding carboxylic acids is 1. The number of benzene rings is 1. The first-order chi connectivity index (χ1) is 11.5. The first-order valence-corrected chi connectivity index (χ1v) is 8.63. The van der Waals surface area contributed by atoms with E-state index in [0.29, 0.717) is 30.0 Å². The Morgan fingerprint density at radius 1 is 1.33 bits per heavy atom. The van der Waals surface area contributed by atoms with Crippen LogP contribution in [0.1, 0.15) is 39.2 Å². The number of carbonyl (C=O) groups is 2. The molecule has 0 bridgehead atoms. The van der Waals surface area contributed by atoms with Gasteiger partial charge in [0, 0.05) is 30.5 Å². The number of carboxylic acids is 1. The molecule has 0 fully saturated rings. The van der Waals surface area contributed by atoms with Gasteiger partial charge in [0.2, 0.25) is 0 Å². The number of furan rings is 1. The summed E-state index contributed by atoms with van der Waals surface area (Å²) in [6.07, 6.45) is 0.396. The van der Waals surface area contributed by atoms with Crippen LogP contribution < -0.4 is 5.32 Å². The van der Waals surface area contributed by atoms with E-state index < -0.39 is 11.9 Å². The molecule has 0 unspecified atom stereocenters. The third kappa shape index (κ3) is 4.61. The summed E-state index contributed by atoms with van der Waals surface area (Å²) in [6, 6.07) is 7.80. The van der Waals surface area contributed by atoms with Gasteiger partial charge in [-0.3, -0.25) is 4.79 Å². The molecule has 0 radical (unpaired) electrons. The number of thioether (sulfide) groups is 1. The van der Waals surface area contributed by atoms with Crippen molar-refractivity contribution in [1.29, 1.82) is 0 Å². The molecule has 2 aromatic rings. The number of carboxylic acid groups (broad SMARTS) is 1. The van der Waals surface area contributed by atoms with Crippen molar-refractivity contribution in [2.45, 2.75) is 19.1 Å². The van der Waals surface area contributed by atoms with E-state index in [0.717, 1.165) is 0 Å². The maximum atomic E-state index is 13.4. The molecule has 0 saturated carbocycles. The van der Waals surface area contributed by atoms with E-state index in [9.17, 15) is 14.0 Å². The van der Waals surface area contributed by atoms with Crippen molar-refractivity contribution >= 4 is 23.6 Å². The average molecular weight is 351 g/mol. The number of nitrogens with one attached hydrogen (secondary N) is 1. The number of aromatic carboxylic acids is 1. The van der Waals surface area contributed by atoms with Crippen LogP contribution in [0.3, 0.4) is 0 Å². The summed E-state index contributed by atoms with van der Waals surface area (Å²) >= 11 is 1.50. The lowest BCUT2D eigenvalue weighted by Gasteiger charge is -2.04. The van der Waals surface area contributed by atoms with Crippen LogP contribution in [-0.4, -0.2) is 29.3 Å². The summed E-state index contributed by atoms with van der Waals surface area (Å²) < 4.78 is 18.7. The van der Waals surface area contributed by atoms with Crippen LogP contribution in [0.2, 0.25) is 0 Å². The lowest BCUT2D eigenvalue weighted by Crippen LogP contribution is -2.25. The van der Waals surface area contributed by atoms with Gasteiger partial charge >= 0.3 is 5.97 Å². The minimum absolute atomic E-state index is 0.0107. The number of aryl methyl sites for hydroxylation is 1. The SMILES string of the molecule is CCc1oc(C(=O)NCCSCc2ccccc2F)cc1C(=O)O. The van der Waals surface area contributed by atoms with Gasteiger partial charge in [-0.1, -0.05) is 25.1 Å². The van der Waals surface area contributed by atoms with E-state index in [4.69, 9.17) is 9.52 Å². The minimum Gasteiger partial charge on any atom is -0.478 e. The molecule has 24 heavy (non-hydrogen) atoms. The van der Waals surface area contributed by atoms with Crippen LogP contribution in [0.4, 0.5) is 4.39 Å². The molecule has 2 rings (SSSR count). The summed E-state index contributed by atoms with van der Waals surface area (Å²) in [7, 11) is 0. The minimum atomic E-state index is -1.12. The van der Waals surface area contributed by atoms with Gasteiger partial charge in [0.25, 0.3) is 5.91 Å². The van der Waals surface area contributed by atoms with Gasteiger partial charge in [0.1, 0.15) is 17.1 Å². The fourth-order valence-corrected chi connectivity index (χ4v) is 2.95. The third-order valence-electron chi connectivity index (χ3n) is 3.33. The van der Waals surface area contributed by atoms with E-state index in [-0.39, 0.29) is 22.9 Å². The normalized spacial score (nSPS) is 10.6. The molecule has 2 N–H and O–H groups in total. The average Bonchev–Trinajstić information content (AvgIpc) is 3.00. The number of halogens is 1. The van der Waals surface area contributed by atoms with E-state index >= 15 is 0 Å². The number of amides is 1. The zero-order valence-electron chi connectivity index (χ0n) is 13.2. The second-order valence-electron chi connectivity index (χ2n) is 5.01. The van der Waals surface area contributed by atoms with E-state index in [1.165, 1.54) is 23.9 Å². The second-order valence-corrected chi connectivity index (χ2v) is 6.11. The largest absolute Gasteiger partial charge is 0.478 e. The standard InChI is InChI=1S/C17H18FNO4S/c1-2-14-12(17(21)22)9-15(23-14)16(20)19-7-8-24-10-11-5-3-4-6-13(11)18/h3-6,9H,2,7-8,10H2,1H3,(H,19,20)(H,21,22). The van der Waals surface area contributed by atoms with Crippen molar-refractivity contribution in [1.82, 2.24) is 5.32 Å². The van der Waals surface area contributed by atoms with Crippen molar-refractivity contribution in [2.75, 3.05) is 12.3 Å². The molecule has 5 nitrogen and oxygen atoms in total. The molecule has 0 aliphatic carbocycles. The Labute approximate surface area is 143 Å². The molecule has 1 heterocycles. The highest BCUT2D eigenvalue weighted by Gasteiger charge is 2.19. The van der Waals surface area contributed by atoms with Crippen LogP contribution in [0.5, 0.6) is 0 Å². The summed E-state index contributed by atoms with van der Waals surface area (Å²) in [5.74, 6) is -0.416. The molecule has 1 aromatic carbocycles. The Balaban J connectivity index is 1.79. The molecule has 0 spiro atoms. The van der Waals surface area contributed by atoms with Crippen molar-refractivity contribution in [2.24, 2.45) is 0 Å². The van der Waals surface area contributed by atoms with Gasteiger partial charge in [0.05, 0.1) is 0 Å². The zero-order chi connectivity index (χ0) is 17.5. The van der Waals surface area contributed by atoms with Gasteiger partial charge in [-0.15, -0.1) is 0 Å². The van der Waals surface area contributed by atoms with Crippen LogP contribution in [0, 0.1) is 5.82 Å². The highest BCUT2D eigenvalue weighted by Crippen LogP contribution is 2.17. The molecular formula is C17H18FNO4S. The monoisotopic (exact) mass is 351 g/mol. The Morgan fingerprint density at radius 3 is 2.71 bits per heavy atom. The molecular weight excluding hydrogens is 333 g/mol. The summed E-state index contributed by atoms with van der Waals surface area (Å²) in [4.78, 5) is 23.0. The van der Waals surface area contributed by atoms with Gasteiger partial charge in [-0.2, -0.15) is 11.8 Å². The van der Waals surface area contributed by atoms with Gasteiger partial charge in [-0.25, -0.2) is 9.18 Å². The maximum Gasteiger partial charge on any atom is 0.339 e. The Morgan fingerprint density at radius 2 is 2.08 bits per heavy atom. The molecule has 0 saturated heterocycles. The highest BCUT2D eigenvalue weighted by atomic mass is 32.2. The summed E-state index contributed by atoms with van der Waals surface area (Å²) in [5, 5.41) is 11.7. The molecule has 1 aromatic heterocycles. The summed E-state index contributed by atoms with van der Waals surface area (Å²) in [6.45, 7) is 2.13. The Kier molecular flexibility index (Phi) is 6.43. The van der Waals surface area contributed by atoms with Crippen molar-refractivity contribution < 1.29 is 23.5 Å². The summed E-state index contributed by atoms with van der Waals surface area (Å²) in [5.41, 5.74) is 0.634. The number of hydrogen-bond acceptors (Lipinski definition) is 4. The predicted octanol–water partition coefficient (Wildman–Crippen LogP) is 3.34. The molecule has 7 heteroatoms. The van der Waals surface area contributed by atoms with Gasteiger partial charge in [0.15, 0.2) is 5.76 Å². The first-order valence-electron chi connectivity index (χ1n) is 7.48. The van der Waals surface area contributed by atoms with Crippen molar-refractivity contribution in [3.8, 4) is 0 Å². The van der Waals surface area contributed by atoms with Gasteiger partial charge < -0.3 is 14.8 Å². The predicted molar refractivity (Wildman–Crippen MR) is 89.9 cm³/mol. The molecule has 0 aliphatic heterocycles. The molecule has 1 amide bonds. The van der Waals surface area contributed by atoms with Gasteiger partial charge in [-0.05, 0) is 11.6 Å². The number of rotatable bonds is 8. The lowest BCUT2D eigenvalue weighted by molar-refractivity contribution is 0.0694. The van der Waals surface area contributed by atoms with E-state index in [1.807, 2.05) is 0 Å². The van der Waals surface area contributed by atoms with E-state index in [1.54, 1.807) is 25.1 Å².